The Morgan fingerprint density at radius 2 is 1.86 bits per heavy atom. The number of benzene rings is 2. The van der Waals surface area contributed by atoms with Gasteiger partial charge in [0.05, 0.1) is 11.1 Å². The minimum Gasteiger partial charge on any atom is -0.491 e. The van der Waals surface area contributed by atoms with E-state index >= 15 is 0 Å². The molecule has 1 unspecified atom stereocenters. The van der Waals surface area contributed by atoms with E-state index in [1.54, 1.807) is 12.3 Å². The molecule has 4 rings (SSSR count). The molecule has 0 saturated heterocycles. The van der Waals surface area contributed by atoms with Gasteiger partial charge < -0.3 is 9.47 Å². The summed E-state index contributed by atoms with van der Waals surface area (Å²) >= 11 is 0. The fourth-order valence-corrected chi connectivity index (χ4v) is 3.73. The number of hydrogen-bond donors (Lipinski definition) is 0. The van der Waals surface area contributed by atoms with Gasteiger partial charge in [0.2, 0.25) is 5.90 Å². The van der Waals surface area contributed by atoms with Crippen LogP contribution in [-0.4, -0.2) is 28.6 Å². The van der Waals surface area contributed by atoms with Gasteiger partial charge in [-0.05, 0) is 45.0 Å². The van der Waals surface area contributed by atoms with Crippen LogP contribution in [0.4, 0.5) is 4.39 Å². The van der Waals surface area contributed by atoms with E-state index in [4.69, 9.17) is 14.5 Å². The molecule has 0 fully saturated rings. The molecule has 0 saturated carbocycles. The van der Waals surface area contributed by atoms with Gasteiger partial charge >= 0.3 is 0 Å². The fourth-order valence-electron chi connectivity index (χ4n) is 3.73. The van der Waals surface area contributed by atoms with Crippen molar-refractivity contribution >= 4 is 16.8 Å². The Kier molecular flexibility index (Phi) is 4.53. The zero-order chi connectivity index (χ0) is 19.8. The van der Waals surface area contributed by atoms with E-state index in [1.807, 2.05) is 56.3 Å². The highest BCUT2D eigenvalue weighted by atomic mass is 19.1. The Bertz CT molecular complexity index is 1030. The van der Waals surface area contributed by atoms with E-state index in [1.165, 1.54) is 6.07 Å². The van der Waals surface area contributed by atoms with Crippen molar-refractivity contribution in [3.63, 3.8) is 0 Å². The van der Waals surface area contributed by atoms with Gasteiger partial charge in [0.1, 0.15) is 29.3 Å². The molecule has 0 spiro atoms. The summed E-state index contributed by atoms with van der Waals surface area (Å²) in [6, 6.07) is 16.5. The molecule has 3 aromatic rings. The zero-order valence-electron chi connectivity index (χ0n) is 16.3. The molecular weight excluding hydrogens is 355 g/mol. The first-order chi connectivity index (χ1) is 13.3. The van der Waals surface area contributed by atoms with E-state index in [0.717, 1.165) is 16.7 Å². The smallest absolute Gasteiger partial charge is 0.218 e. The first kappa shape index (κ1) is 18.4. The average Bonchev–Trinajstić information content (AvgIpc) is 2.66. The number of nitrogens with zero attached hydrogens (tertiary/aromatic N) is 2. The molecule has 0 amide bonds. The lowest BCUT2D eigenvalue weighted by molar-refractivity contribution is 0.0298. The summed E-state index contributed by atoms with van der Waals surface area (Å²) in [5.41, 5.74) is 0.209. The number of fused-ring (bicyclic) bond motifs is 1. The standard InChI is InChI=1S/C23H23FN2O2/c1-22(2)14-23(3,15-27-18-9-5-4-6-10-18)26-21(28-22)17-12-16-8-7-11-19(24)20(16)25-13-17/h4-13H,14-15H2,1-3H3. The number of pyridine rings is 1. The highest BCUT2D eigenvalue weighted by molar-refractivity contribution is 5.98. The highest BCUT2D eigenvalue weighted by Gasteiger charge is 2.40. The molecule has 5 heteroatoms. The molecule has 2 heterocycles. The van der Waals surface area contributed by atoms with Gasteiger partial charge in [0.15, 0.2) is 0 Å². The second-order valence-corrected chi connectivity index (χ2v) is 8.09. The van der Waals surface area contributed by atoms with Crippen molar-refractivity contribution in [1.82, 2.24) is 4.98 Å². The molecule has 0 aliphatic carbocycles. The number of rotatable bonds is 4. The summed E-state index contributed by atoms with van der Waals surface area (Å²) in [6.45, 7) is 6.57. The molecule has 2 aromatic carbocycles. The van der Waals surface area contributed by atoms with E-state index < -0.39 is 11.1 Å². The molecule has 1 aliphatic rings. The molecule has 28 heavy (non-hydrogen) atoms. The van der Waals surface area contributed by atoms with Gasteiger partial charge in [-0.1, -0.05) is 30.3 Å². The van der Waals surface area contributed by atoms with Crippen molar-refractivity contribution in [2.75, 3.05) is 6.61 Å². The molecule has 0 radical (unpaired) electrons. The van der Waals surface area contributed by atoms with Crippen LogP contribution < -0.4 is 4.74 Å². The summed E-state index contributed by atoms with van der Waals surface area (Å²) in [5, 5.41) is 0.717. The van der Waals surface area contributed by atoms with Crippen molar-refractivity contribution in [1.29, 1.82) is 0 Å². The maximum atomic E-state index is 13.9. The number of aromatic nitrogens is 1. The zero-order valence-corrected chi connectivity index (χ0v) is 16.3. The van der Waals surface area contributed by atoms with Crippen molar-refractivity contribution in [3.8, 4) is 5.75 Å². The third-order valence-electron chi connectivity index (χ3n) is 4.75. The molecule has 4 nitrogen and oxygen atoms in total. The molecule has 1 aromatic heterocycles. The minimum absolute atomic E-state index is 0.336. The lowest BCUT2D eigenvalue weighted by atomic mass is 9.87. The number of para-hydroxylation sites is 2. The Morgan fingerprint density at radius 1 is 1.07 bits per heavy atom. The molecule has 0 N–H and O–H groups in total. The van der Waals surface area contributed by atoms with Crippen LogP contribution in [0, 0.1) is 5.82 Å². The SMILES string of the molecule is CC1(COc2ccccc2)CC(C)(C)OC(c2cnc3c(F)cccc3c2)=N1. The van der Waals surface area contributed by atoms with Gasteiger partial charge in [-0.3, -0.25) is 4.98 Å². The Hall–Kier alpha value is -2.95. The minimum atomic E-state index is -0.455. The third kappa shape index (κ3) is 3.84. The van der Waals surface area contributed by atoms with Crippen LogP contribution in [0.25, 0.3) is 10.9 Å². The van der Waals surface area contributed by atoms with Crippen molar-refractivity contribution in [2.24, 2.45) is 4.99 Å². The van der Waals surface area contributed by atoms with Crippen molar-refractivity contribution in [3.05, 3.63) is 72.2 Å². The number of hydrogen-bond acceptors (Lipinski definition) is 4. The van der Waals surface area contributed by atoms with Crippen LogP contribution in [0.2, 0.25) is 0 Å². The number of aliphatic imine (C=N–C) groups is 1. The van der Waals surface area contributed by atoms with E-state index in [2.05, 4.69) is 11.9 Å². The predicted octanol–water partition coefficient (Wildman–Crippen LogP) is 5.16. The summed E-state index contributed by atoms with van der Waals surface area (Å²) in [4.78, 5) is 9.14. The van der Waals surface area contributed by atoms with Crippen LogP contribution in [0.1, 0.15) is 32.8 Å². The Morgan fingerprint density at radius 3 is 2.64 bits per heavy atom. The Labute approximate surface area is 164 Å². The topological polar surface area (TPSA) is 43.7 Å². The lowest BCUT2D eigenvalue weighted by Gasteiger charge is -2.40. The molecule has 144 valence electrons. The first-order valence-corrected chi connectivity index (χ1v) is 9.35. The van der Waals surface area contributed by atoms with Crippen LogP contribution in [0.3, 0.4) is 0 Å². The van der Waals surface area contributed by atoms with E-state index in [0.29, 0.717) is 24.4 Å². The van der Waals surface area contributed by atoms with Crippen molar-refractivity contribution < 1.29 is 13.9 Å². The van der Waals surface area contributed by atoms with E-state index in [-0.39, 0.29) is 5.82 Å². The van der Waals surface area contributed by atoms with Crippen LogP contribution in [0.15, 0.2) is 65.8 Å². The second kappa shape index (κ2) is 6.89. The van der Waals surface area contributed by atoms with Crippen LogP contribution >= 0.6 is 0 Å². The second-order valence-electron chi connectivity index (χ2n) is 8.09. The molecule has 1 aliphatic heterocycles. The van der Waals surface area contributed by atoms with Crippen LogP contribution in [-0.2, 0) is 4.74 Å². The van der Waals surface area contributed by atoms with Crippen molar-refractivity contribution in [2.45, 2.75) is 38.3 Å². The fraction of sp³-hybridized carbons (Fsp3) is 0.304. The average molecular weight is 378 g/mol. The summed E-state index contributed by atoms with van der Waals surface area (Å²) < 4.78 is 26.1. The first-order valence-electron chi connectivity index (χ1n) is 9.35. The predicted molar refractivity (Wildman–Crippen MR) is 108 cm³/mol. The van der Waals surface area contributed by atoms with Gasteiger partial charge in [-0.25, -0.2) is 9.38 Å². The molecule has 0 bridgehead atoms. The molecule has 1 atom stereocenters. The van der Waals surface area contributed by atoms with Crippen LogP contribution in [0.5, 0.6) is 5.75 Å². The maximum Gasteiger partial charge on any atom is 0.218 e. The van der Waals surface area contributed by atoms with Gasteiger partial charge in [-0.15, -0.1) is 0 Å². The van der Waals surface area contributed by atoms with E-state index in [9.17, 15) is 4.39 Å². The number of halogens is 1. The monoisotopic (exact) mass is 378 g/mol. The summed E-state index contributed by atoms with van der Waals surface area (Å²) in [6.07, 6.45) is 2.33. The van der Waals surface area contributed by atoms with Gasteiger partial charge in [-0.2, -0.15) is 0 Å². The highest BCUT2D eigenvalue weighted by Crippen LogP contribution is 2.34. The van der Waals surface area contributed by atoms with Gasteiger partial charge in [0.25, 0.3) is 0 Å². The molecular formula is C23H23FN2O2. The number of ether oxygens (including phenoxy) is 2. The largest absolute Gasteiger partial charge is 0.491 e. The quantitative estimate of drug-likeness (QED) is 0.630. The Balaban J connectivity index is 1.67. The normalized spacial score (nSPS) is 21.1. The van der Waals surface area contributed by atoms with Gasteiger partial charge in [0, 0.05) is 18.0 Å². The lowest BCUT2D eigenvalue weighted by Crippen LogP contribution is -2.46. The maximum absolute atomic E-state index is 13.9. The third-order valence-corrected chi connectivity index (χ3v) is 4.75. The summed E-state index contributed by atoms with van der Waals surface area (Å²) in [5.74, 6) is 0.985. The summed E-state index contributed by atoms with van der Waals surface area (Å²) in [7, 11) is 0.